The van der Waals surface area contributed by atoms with Gasteiger partial charge in [-0.3, -0.25) is 4.79 Å². The van der Waals surface area contributed by atoms with Gasteiger partial charge in [-0.1, -0.05) is 23.7 Å². The summed E-state index contributed by atoms with van der Waals surface area (Å²) in [4.78, 5) is 24.8. The van der Waals surface area contributed by atoms with Crippen LogP contribution < -0.4 is 10.0 Å². The lowest BCUT2D eigenvalue weighted by Crippen LogP contribution is -2.40. The van der Waals surface area contributed by atoms with E-state index in [0.29, 0.717) is 5.69 Å². The van der Waals surface area contributed by atoms with Gasteiger partial charge in [-0.15, -0.1) is 0 Å². The molecule has 0 spiro atoms. The van der Waals surface area contributed by atoms with Crippen molar-refractivity contribution < 1.29 is 22.7 Å². The van der Waals surface area contributed by atoms with Gasteiger partial charge in [0.25, 0.3) is 5.91 Å². The number of sulfonamides is 1. The quantitative estimate of drug-likeness (QED) is 0.620. The summed E-state index contributed by atoms with van der Waals surface area (Å²) in [6.07, 6.45) is -1.10. The largest absolute Gasteiger partial charge is 0.449 e. The average Bonchev–Trinajstić information content (AvgIpc) is 2.62. The molecule has 0 heterocycles. The molecular weight excluding hydrogens is 440 g/mol. The summed E-state index contributed by atoms with van der Waals surface area (Å²) in [5.74, 6) is -1.34. The number of nitrogens with one attached hydrogen (secondary N) is 2. The van der Waals surface area contributed by atoms with E-state index in [1.165, 1.54) is 19.1 Å². The molecule has 0 bridgehead atoms. The van der Waals surface area contributed by atoms with Gasteiger partial charge in [0.1, 0.15) is 4.90 Å². The van der Waals surface area contributed by atoms with E-state index in [1.807, 2.05) is 32.0 Å². The van der Waals surface area contributed by atoms with Gasteiger partial charge in [-0.25, -0.2) is 17.9 Å². The van der Waals surface area contributed by atoms with Crippen LogP contribution in [0, 0.1) is 13.8 Å². The lowest BCUT2D eigenvalue weighted by atomic mass is 10.1. The zero-order valence-electron chi connectivity index (χ0n) is 18.4. The molecule has 0 aliphatic heterocycles. The van der Waals surface area contributed by atoms with Crippen molar-refractivity contribution in [3.8, 4) is 0 Å². The minimum absolute atomic E-state index is 0.0333. The first-order valence-corrected chi connectivity index (χ1v) is 11.5. The Kier molecular flexibility index (Phi) is 7.52. The molecule has 1 amide bonds. The topological polar surface area (TPSA) is 102 Å². The van der Waals surface area contributed by atoms with Crippen molar-refractivity contribution in [1.29, 1.82) is 0 Å². The van der Waals surface area contributed by atoms with Gasteiger partial charge < -0.3 is 10.1 Å². The van der Waals surface area contributed by atoms with Gasteiger partial charge in [-0.05, 0) is 76.9 Å². The fourth-order valence-electron chi connectivity index (χ4n) is 2.68. The van der Waals surface area contributed by atoms with E-state index in [2.05, 4.69) is 10.0 Å². The molecule has 0 fully saturated rings. The van der Waals surface area contributed by atoms with E-state index in [4.69, 9.17) is 16.3 Å². The normalized spacial score (nSPS) is 12.9. The summed E-state index contributed by atoms with van der Waals surface area (Å²) in [5, 5.41) is 2.70. The number of benzene rings is 2. The molecule has 2 rings (SSSR count). The molecule has 2 aromatic carbocycles. The van der Waals surface area contributed by atoms with Crippen LogP contribution >= 0.6 is 11.6 Å². The second-order valence-electron chi connectivity index (χ2n) is 8.36. The van der Waals surface area contributed by atoms with E-state index < -0.39 is 33.5 Å². The summed E-state index contributed by atoms with van der Waals surface area (Å²) in [6, 6.07) is 9.40. The lowest BCUT2D eigenvalue weighted by molar-refractivity contribution is -0.123. The Morgan fingerprint density at radius 3 is 2.32 bits per heavy atom. The number of esters is 1. The fraction of sp³-hybridized carbons (Fsp3) is 0.364. The Labute approximate surface area is 188 Å². The number of aryl methyl sites for hydroxylation is 2. The van der Waals surface area contributed by atoms with Crippen molar-refractivity contribution in [2.45, 2.75) is 58.1 Å². The van der Waals surface area contributed by atoms with E-state index in [1.54, 1.807) is 20.8 Å². The fourth-order valence-corrected chi connectivity index (χ4v) is 4.63. The number of carbonyl (C=O) groups excluding carboxylic acids is 2. The van der Waals surface area contributed by atoms with Crippen LogP contribution in [0.25, 0.3) is 0 Å². The summed E-state index contributed by atoms with van der Waals surface area (Å²) in [6.45, 7) is 10.3. The number of hydrogen-bond donors (Lipinski definition) is 2. The monoisotopic (exact) mass is 466 g/mol. The third-order valence-corrected chi connectivity index (χ3v) is 6.44. The van der Waals surface area contributed by atoms with Crippen molar-refractivity contribution >= 4 is 39.2 Å². The Bertz CT molecular complexity index is 1110. The average molecular weight is 467 g/mol. The van der Waals surface area contributed by atoms with Crippen molar-refractivity contribution in [2.24, 2.45) is 0 Å². The van der Waals surface area contributed by atoms with Crippen LogP contribution in [0.3, 0.4) is 0 Å². The summed E-state index contributed by atoms with van der Waals surface area (Å²) < 4.78 is 33.0. The van der Waals surface area contributed by atoms with Crippen molar-refractivity contribution in [1.82, 2.24) is 4.72 Å². The molecule has 0 saturated heterocycles. The second kappa shape index (κ2) is 9.38. The molecule has 7 nitrogen and oxygen atoms in total. The molecule has 168 valence electrons. The number of ether oxygens (including phenoxy) is 1. The van der Waals surface area contributed by atoms with Crippen LogP contribution in [0.15, 0.2) is 41.3 Å². The van der Waals surface area contributed by atoms with Crippen molar-refractivity contribution in [2.75, 3.05) is 5.32 Å². The molecule has 0 radical (unpaired) electrons. The van der Waals surface area contributed by atoms with E-state index in [-0.39, 0.29) is 15.5 Å². The smallest absolute Gasteiger partial charge is 0.338 e. The third-order valence-electron chi connectivity index (χ3n) is 4.20. The van der Waals surface area contributed by atoms with Gasteiger partial charge in [0.2, 0.25) is 10.0 Å². The van der Waals surface area contributed by atoms with Gasteiger partial charge in [0, 0.05) is 11.2 Å². The molecular formula is C22H27ClN2O5S. The molecule has 1 atom stereocenters. The van der Waals surface area contributed by atoms with Gasteiger partial charge in [0.05, 0.1) is 10.6 Å². The minimum atomic E-state index is -3.97. The Morgan fingerprint density at radius 2 is 1.71 bits per heavy atom. The lowest BCUT2D eigenvalue weighted by Gasteiger charge is -2.21. The molecule has 0 aliphatic carbocycles. The predicted molar refractivity (Wildman–Crippen MR) is 121 cm³/mol. The molecule has 0 saturated carbocycles. The first kappa shape index (κ1) is 24.8. The highest BCUT2D eigenvalue weighted by molar-refractivity contribution is 7.89. The van der Waals surface area contributed by atoms with Crippen LogP contribution in [0.4, 0.5) is 5.69 Å². The number of halogens is 1. The van der Waals surface area contributed by atoms with Gasteiger partial charge in [-0.2, -0.15) is 0 Å². The zero-order valence-corrected chi connectivity index (χ0v) is 19.9. The predicted octanol–water partition coefficient (Wildman–Crippen LogP) is 4.22. The Morgan fingerprint density at radius 1 is 1.06 bits per heavy atom. The molecule has 0 aromatic heterocycles. The van der Waals surface area contributed by atoms with Gasteiger partial charge >= 0.3 is 5.97 Å². The SMILES string of the molecule is Cc1ccc(C)c(NC(=O)C(C)OC(=O)c2ccc(Cl)c(S(=O)(=O)NC(C)(C)C)c2)c1. The van der Waals surface area contributed by atoms with E-state index in [9.17, 15) is 18.0 Å². The third kappa shape index (κ3) is 6.78. The number of hydrogen-bond acceptors (Lipinski definition) is 5. The minimum Gasteiger partial charge on any atom is -0.449 e. The first-order chi connectivity index (χ1) is 14.2. The molecule has 9 heteroatoms. The number of carbonyl (C=O) groups is 2. The van der Waals surface area contributed by atoms with E-state index >= 15 is 0 Å². The molecule has 31 heavy (non-hydrogen) atoms. The molecule has 1 unspecified atom stereocenters. The highest BCUT2D eigenvalue weighted by Crippen LogP contribution is 2.25. The molecule has 0 aliphatic rings. The highest BCUT2D eigenvalue weighted by atomic mass is 35.5. The van der Waals surface area contributed by atoms with Crippen LogP contribution in [0.5, 0.6) is 0 Å². The Balaban J connectivity index is 2.18. The van der Waals surface area contributed by atoms with E-state index in [0.717, 1.165) is 17.2 Å². The number of rotatable bonds is 6. The summed E-state index contributed by atoms with van der Waals surface area (Å²) >= 11 is 6.05. The zero-order chi connectivity index (χ0) is 23.6. The first-order valence-electron chi connectivity index (χ1n) is 9.62. The van der Waals surface area contributed by atoms with Gasteiger partial charge in [0.15, 0.2) is 6.10 Å². The van der Waals surface area contributed by atoms with Crippen molar-refractivity contribution in [3.63, 3.8) is 0 Å². The number of anilines is 1. The standard InChI is InChI=1S/C22H27ClN2O5S/c1-13-7-8-14(2)18(11-13)24-20(26)15(3)30-21(27)16-9-10-17(23)19(12-16)31(28,29)25-22(4,5)6/h7-12,15,25H,1-6H3,(H,24,26). The van der Waals surface area contributed by atoms with Crippen LogP contribution in [-0.4, -0.2) is 31.9 Å². The summed E-state index contributed by atoms with van der Waals surface area (Å²) in [5.41, 5.74) is 1.70. The maximum absolute atomic E-state index is 12.6. The van der Waals surface area contributed by atoms with Crippen LogP contribution in [0.2, 0.25) is 5.02 Å². The number of amides is 1. The molecule has 2 N–H and O–H groups in total. The summed E-state index contributed by atoms with van der Waals surface area (Å²) in [7, 11) is -3.97. The Hall–Kier alpha value is -2.42. The second-order valence-corrected chi connectivity index (χ2v) is 10.4. The maximum atomic E-state index is 12.6. The van der Waals surface area contributed by atoms with Crippen LogP contribution in [0.1, 0.15) is 49.2 Å². The van der Waals surface area contributed by atoms with Crippen LogP contribution in [-0.2, 0) is 19.6 Å². The maximum Gasteiger partial charge on any atom is 0.338 e. The molecule has 2 aromatic rings. The highest BCUT2D eigenvalue weighted by Gasteiger charge is 2.26. The van der Waals surface area contributed by atoms with Crippen molar-refractivity contribution in [3.05, 3.63) is 58.1 Å².